The molecule has 1 N–H and O–H groups in total. The van der Waals surface area contributed by atoms with Gasteiger partial charge in [0.1, 0.15) is 11.6 Å². The maximum atomic E-state index is 11.0. The van der Waals surface area contributed by atoms with E-state index in [-0.39, 0.29) is 5.56 Å². The van der Waals surface area contributed by atoms with Crippen LogP contribution in [0.5, 0.6) is 0 Å². The summed E-state index contributed by atoms with van der Waals surface area (Å²) in [4.78, 5) is 17.6. The second-order valence-electron chi connectivity index (χ2n) is 2.67. The van der Waals surface area contributed by atoms with Crippen molar-refractivity contribution in [3.05, 3.63) is 40.7 Å². The van der Waals surface area contributed by atoms with E-state index < -0.39 is 0 Å². The van der Waals surface area contributed by atoms with Gasteiger partial charge in [0.2, 0.25) is 0 Å². The number of nitrogens with zero attached hydrogens (tertiary/aromatic N) is 1. The number of rotatable bonds is 1. The van der Waals surface area contributed by atoms with Gasteiger partial charge in [0, 0.05) is 12.3 Å². The molecule has 2 aromatic rings. The summed E-state index contributed by atoms with van der Waals surface area (Å²) in [5.41, 5.74) is 0.656. The highest BCUT2D eigenvalue weighted by Gasteiger charge is 2.05. The topological polar surface area (TPSA) is 58.9 Å². The molecule has 2 aromatic heterocycles. The SMILES string of the molecule is Cc1occc1-c1nccc(=O)[nH]1. The summed E-state index contributed by atoms with van der Waals surface area (Å²) in [5.74, 6) is 1.29. The van der Waals surface area contributed by atoms with Gasteiger partial charge in [0.25, 0.3) is 5.56 Å². The van der Waals surface area contributed by atoms with Crippen LogP contribution in [0.25, 0.3) is 11.4 Å². The molecular weight excluding hydrogens is 168 g/mol. The van der Waals surface area contributed by atoms with Gasteiger partial charge in [0.15, 0.2) is 0 Å². The van der Waals surface area contributed by atoms with Gasteiger partial charge in [-0.1, -0.05) is 0 Å². The summed E-state index contributed by atoms with van der Waals surface area (Å²) >= 11 is 0. The number of nitrogens with one attached hydrogen (secondary N) is 1. The Bertz CT molecular complexity index is 470. The Morgan fingerprint density at radius 3 is 2.92 bits per heavy atom. The molecule has 4 nitrogen and oxygen atoms in total. The predicted molar refractivity (Wildman–Crippen MR) is 47.3 cm³/mol. The zero-order chi connectivity index (χ0) is 9.26. The van der Waals surface area contributed by atoms with Crippen molar-refractivity contribution < 1.29 is 4.42 Å². The predicted octanol–water partition coefficient (Wildman–Crippen LogP) is 1.34. The van der Waals surface area contributed by atoms with Crippen LogP contribution >= 0.6 is 0 Å². The third kappa shape index (κ3) is 1.38. The van der Waals surface area contributed by atoms with Crippen molar-refractivity contribution in [1.29, 1.82) is 0 Å². The minimum Gasteiger partial charge on any atom is -0.469 e. The Hall–Kier alpha value is -1.84. The number of H-pyrrole nitrogens is 1. The Balaban J connectivity index is 2.59. The van der Waals surface area contributed by atoms with Crippen molar-refractivity contribution in [2.24, 2.45) is 0 Å². The molecule has 0 radical (unpaired) electrons. The largest absolute Gasteiger partial charge is 0.469 e. The standard InChI is InChI=1S/C9H8N2O2/c1-6-7(3-5-13-6)9-10-4-2-8(12)11-9/h2-5H,1H3,(H,10,11,12). The van der Waals surface area contributed by atoms with Crippen molar-refractivity contribution in [3.8, 4) is 11.4 Å². The monoisotopic (exact) mass is 176 g/mol. The molecule has 0 spiro atoms. The van der Waals surface area contributed by atoms with E-state index in [2.05, 4.69) is 9.97 Å². The zero-order valence-electron chi connectivity index (χ0n) is 7.07. The lowest BCUT2D eigenvalue weighted by atomic mass is 10.2. The van der Waals surface area contributed by atoms with Gasteiger partial charge in [-0.3, -0.25) is 4.79 Å². The quantitative estimate of drug-likeness (QED) is 0.713. The molecule has 0 bridgehead atoms. The number of aromatic amines is 1. The molecule has 0 saturated heterocycles. The highest BCUT2D eigenvalue weighted by molar-refractivity contribution is 5.56. The third-order valence-electron chi connectivity index (χ3n) is 1.79. The van der Waals surface area contributed by atoms with E-state index in [1.807, 2.05) is 6.92 Å². The van der Waals surface area contributed by atoms with E-state index >= 15 is 0 Å². The summed E-state index contributed by atoms with van der Waals surface area (Å²) in [6.45, 7) is 1.82. The van der Waals surface area contributed by atoms with E-state index in [4.69, 9.17) is 4.42 Å². The van der Waals surface area contributed by atoms with E-state index in [9.17, 15) is 4.79 Å². The highest BCUT2D eigenvalue weighted by Crippen LogP contribution is 2.18. The third-order valence-corrected chi connectivity index (χ3v) is 1.79. The molecular formula is C9H8N2O2. The molecule has 0 unspecified atom stereocenters. The number of aromatic nitrogens is 2. The van der Waals surface area contributed by atoms with Gasteiger partial charge >= 0.3 is 0 Å². The van der Waals surface area contributed by atoms with Crippen molar-refractivity contribution in [2.45, 2.75) is 6.92 Å². The first kappa shape index (κ1) is 7.79. The number of furan rings is 1. The number of hydrogen-bond donors (Lipinski definition) is 1. The summed E-state index contributed by atoms with van der Waals surface area (Å²) < 4.78 is 5.10. The molecule has 0 saturated carbocycles. The molecule has 0 aliphatic rings. The molecule has 4 heteroatoms. The van der Waals surface area contributed by atoms with Gasteiger partial charge in [0.05, 0.1) is 11.8 Å². The lowest BCUT2D eigenvalue weighted by Crippen LogP contribution is -2.05. The van der Waals surface area contributed by atoms with Crippen LogP contribution in [0.1, 0.15) is 5.76 Å². The van der Waals surface area contributed by atoms with Gasteiger partial charge in [-0.05, 0) is 13.0 Å². The van der Waals surface area contributed by atoms with Crippen LogP contribution < -0.4 is 5.56 Å². The van der Waals surface area contributed by atoms with Crippen LogP contribution in [0, 0.1) is 6.92 Å². The molecule has 0 fully saturated rings. The van der Waals surface area contributed by atoms with E-state index in [0.717, 1.165) is 11.3 Å². The smallest absolute Gasteiger partial charge is 0.251 e. The average molecular weight is 176 g/mol. The minimum absolute atomic E-state index is 0.161. The van der Waals surface area contributed by atoms with E-state index in [1.54, 1.807) is 12.3 Å². The minimum atomic E-state index is -0.161. The lowest BCUT2D eigenvalue weighted by Gasteiger charge is -1.95. The van der Waals surface area contributed by atoms with Crippen LogP contribution in [0.2, 0.25) is 0 Å². The molecule has 0 aliphatic carbocycles. The first-order chi connectivity index (χ1) is 6.27. The fraction of sp³-hybridized carbons (Fsp3) is 0.111. The fourth-order valence-electron chi connectivity index (χ4n) is 1.14. The Labute approximate surface area is 74.2 Å². The summed E-state index contributed by atoms with van der Waals surface area (Å²) in [5, 5.41) is 0. The summed E-state index contributed by atoms with van der Waals surface area (Å²) in [6.07, 6.45) is 3.04. The highest BCUT2D eigenvalue weighted by atomic mass is 16.3. The van der Waals surface area contributed by atoms with Gasteiger partial charge in [-0.2, -0.15) is 0 Å². The Morgan fingerprint density at radius 1 is 1.46 bits per heavy atom. The first-order valence-corrected chi connectivity index (χ1v) is 3.87. The van der Waals surface area contributed by atoms with Crippen LogP contribution in [0.3, 0.4) is 0 Å². The van der Waals surface area contributed by atoms with Crippen LogP contribution in [-0.4, -0.2) is 9.97 Å². The number of hydrogen-bond acceptors (Lipinski definition) is 3. The van der Waals surface area contributed by atoms with Crippen molar-refractivity contribution in [1.82, 2.24) is 9.97 Å². The Morgan fingerprint density at radius 2 is 2.31 bits per heavy atom. The normalized spacial score (nSPS) is 10.2. The van der Waals surface area contributed by atoms with Gasteiger partial charge < -0.3 is 9.40 Å². The molecule has 2 heterocycles. The van der Waals surface area contributed by atoms with Crippen molar-refractivity contribution in [3.63, 3.8) is 0 Å². The maximum Gasteiger partial charge on any atom is 0.251 e. The zero-order valence-corrected chi connectivity index (χ0v) is 7.07. The van der Waals surface area contributed by atoms with Crippen LogP contribution in [0.4, 0.5) is 0 Å². The van der Waals surface area contributed by atoms with Crippen molar-refractivity contribution >= 4 is 0 Å². The molecule has 13 heavy (non-hydrogen) atoms. The average Bonchev–Trinajstić information content (AvgIpc) is 2.51. The van der Waals surface area contributed by atoms with Gasteiger partial charge in [-0.25, -0.2) is 4.98 Å². The molecule has 2 rings (SSSR count). The molecule has 66 valence electrons. The van der Waals surface area contributed by atoms with Crippen LogP contribution in [-0.2, 0) is 0 Å². The molecule has 0 aromatic carbocycles. The summed E-state index contributed by atoms with van der Waals surface area (Å²) in [6, 6.07) is 3.15. The maximum absolute atomic E-state index is 11.0. The second-order valence-corrected chi connectivity index (χ2v) is 2.67. The Kier molecular flexibility index (Phi) is 1.73. The second kappa shape index (κ2) is 2.90. The lowest BCUT2D eigenvalue weighted by molar-refractivity contribution is 0.535. The van der Waals surface area contributed by atoms with Gasteiger partial charge in [-0.15, -0.1) is 0 Å². The molecule has 0 amide bonds. The summed E-state index contributed by atoms with van der Waals surface area (Å²) in [7, 11) is 0. The van der Waals surface area contributed by atoms with Crippen molar-refractivity contribution in [2.75, 3.05) is 0 Å². The van der Waals surface area contributed by atoms with E-state index in [0.29, 0.717) is 5.82 Å². The van der Waals surface area contributed by atoms with E-state index in [1.165, 1.54) is 12.3 Å². The fourth-order valence-corrected chi connectivity index (χ4v) is 1.14. The first-order valence-electron chi connectivity index (χ1n) is 3.87. The van der Waals surface area contributed by atoms with Crippen LogP contribution in [0.15, 0.2) is 33.8 Å². The molecule has 0 aliphatic heterocycles. The number of aryl methyl sites for hydroxylation is 1. The molecule has 0 atom stereocenters.